The average Bonchev–Trinajstić information content (AvgIpc) is 3.12. The molecule has 170 valence electrons. The van der Waals surface area contributed by atoms with Crippen LogP contribution in [0.25, 0.3) is 0 Å². The molecule has 2 amide bonds. The smallest absolute Gasteiger partial charge is 0.239 e. The van der Waals surface area contributed by atoms with Crippen LogP contribution < -0.4 is 0 Å². The highest BCUT2D eigenvalue weighted by atomic mass is 35.5. The van der Waals surface area contributed by atoms with Crippen LogP contribution >= 0.6 is 11.6 Å². The lowest BCUT2D eigenvalue weighted by Gasteiger charge is -2.39. The highest BCUT2D eigenvalue weighted by Gasteiger charge is 2.47. The first-order valence-corrected chi connectivity index (χ1v) is 12.8. The molecule has 2 aliphatic carbocycles. The van der Waals surface area contributed by atoms with Gasteiger partial charge in [0.15, 0.2) is 0 Å². The molecule has 0 radical (unpaired) electrons. The fraction of sp³-hybridized carbons (Fsp3) is 0.917. The summed E-state index contributed by atoms with van der Waals surface area (Å²) in [6, 6.07) is 0.669. The number of halogens is 1. The summed E-state index contributed by atoms with van der Waals surface area (Å²) in [5.41, 5.74) is 0. The van der Waals surface area contributed by atoms with Gasteiger partial charge in [-0.25, -0.2) is 0 Å². The summed E-state index contributed by atoms with van der Waals surface area (Å²) >= 11 is 6.34. The zero-order chi connectivity index (χ0) is 21.3. The Kier molecular flexibility index (Phi) is 7.29. The van der Waals surface area contributed by atoms with Gasteiger partial charge in [-0.2, -0.15) is 0 Å². The quantitative estimate of drug-likeness (QED) is 0.629. The van der Waals surface area contributed by atoms with E-state index in [1.807, 2.05) is 14.1 Å². The Bertz CT molecular complexity index is 612. The molecule has 0 aromatic rings. The molecule has 4 fully saturated rings. The molecule has 3 unspecified atom stereocenters. The second-order valence-electron chi connectivity index (χ2n) is 10.5. The van der Waals surface area contributed by atoms with Gasteiger partial charge in [0.1, 0.15) is 0 Å². The number of carbonyl (C=O) groups is 2. The summed E-state index contributed by atoms with van der Waals surface area (Å²) < 4.78 is 0. The van der Waals surface area contributed by atoms with E-state index in [1.54, 1.807) is 4.90 Å². The van der Waals surface area contributed by atoms with Crippen LogP contribution in [-0.2, 0) is 9.59 Å². The van der Waals surface area contributed by atoms with Gasteiger partial charge < -0.3 is 9.80 Å². The standard InChI is InChI=1S/C24H40ClN3O2/c1-26(2)23(29)18-11-13-27(14-12-18)24(30)22-15-19-5-3-4-6-21(19)28(22)16-17-7-9-20(25)10-8-17/h17-22H,3-16H2,1-2H3. The Balaban J connectivity index is 1.40. The molecule has 0 aromatic heterocycles. The van der Waals surface area contributed by atoms with Gasteiger partial charge in [-0.15, -0.1) is 11.6 Å². The number of fused-ring (bicyclic) bond motifs is 1. The van der Waals surface area contributed by atoms with Gasteiger partial charge in [0.25, 0.3) is 0 Å². The largest absolute Gasteiger partial charge is 0.349 e. The minimum atomic E-state index is 0.0629. The molecule has 0 aromatic carbocycles. The third-order valence-electron chi connectivity index (χ3n) is 8.35. The van der Waals surface area contributed by atoms with Crippen LogP contribution in [-0.4, -0.2) is 77.7 Å². The second kappa shape index (κ2) is 9.77. The number of nitrogens with zero attached hydrogens (tertiary/aromatic N) is 3. The van der Waals surface area contributed by atoms with Crippen molar-refractivity contribution in [3.05, 3.63) is 0 Å². The number of amides is 2. The van der Waals surface area contributed by atoms with E-state index in [-0.39, 0.29) is 17.9 Å². The molecular weight excluding hydrogens is 398 g/mol. The zero-order valence-corrected chi connectivity index (χ0v) is 19.7. The number of alkyl halides is 1. The summed E-state index contributed by atoms with van der Waals surface area (Å²) in [6.07, 6.45) is 12.5. The van der Waals surface area contributed by atoms with Crippen LogP contribution in [0.5, 0.6) is 0 Å². The maximum atomic E-state index is 13.6. The molecule has 3 atom stereocenters. The van der Waals surface area contributed by atoms with E-state index in [0.29, 0.717) is 29.2 Å². The first-order valence-electron chi connectivity index (χ1n) is 12.3. The minimum absolute atomic E-state index is 0.0629. The van der Waals surface area contributed by atoms with Gasteiger partial charge in [0.2, 0.25) is 11.8 Å². The van der Waals surface area contributed by atoms with Gasteiger partial charge in [-0.05, 0) is 69.6 Å². The maximum absolute atomic E-state index is 13.6. The Morgan fingerprint density at radius 1 is 0.933 bits per heavy atom. The number of piperidine rings is 1. The molecular formula is C24H40ClN3O2. The summed E-state index contributed by atoms with van der Waals surface area (Å²) in [7, 11) is 3.66. The Labute approximate surface area is 187 Å². The second-order valence-corrected chi connectivity index (χ2v) is 11.1. The monoisotopic (exact) mass is 437 g/mol. The van der Waals surface area contributed by atoms with Crippen LogP contribution in [0, 0.1) is 17.8 Å². The first-order chi connectivity index (χ1) is 14.4. The first kappa shape index (κ1) is 22.4. The Morgan fingerprint density at radius 3 is 2.27 bits per heavy atom. The predicted octanol–water partition coefficient (Wildman–Crippen LogP) is 3.74. The average molecular weight is 438 g/mol. The molecule has 2 heterocycles. The van der Waals surface area contributed by atoms with Crippen LogP contribution in [0.15, 0.2) is 0 Å². The van der Waals surface area contributed by atoms with Crippen molar-refractivity contribution < 1.29 is 9.59 Å². The van der Waals surface area contributed by atoms with Gasteiger partial charge in [0, 0.05) is 51.1 Å². The highest BCUT2D eigenvalue weighted by molar-refractivity contribution is 6.20. The number of hydrogen-bond donors (Lipinski definition) is 0. The van der Waals surface area contributed by atoms with Gasteiger partial charge in [0.05, 0.1) is 6.04 Å². The molecule has 0 N–H and O–H groups in total. The summed E-state index contributed by atoms with van der Waals surface area (Å²) in [5.74, 6) is 2.03. The SMILES string of the molecule is CN(C)C(=O)C1CCN(C(=O)C2CC3CCCCC3N2CC2CCC(Cl)CC2)CC1. The molecule has 5 nitrogen and oxygen atoms in total. The molecule has 6 heteroatoms. The van der Waals surface area contributed by atoms with Gasteiger partial charge >= 0.3 is 0 Å². The topological polar surface area (TPSA) is 43.9 Å². The van der Waals surface area contributed by atoms with E-state index in [4.69, 9.17) is 11.6 Å². The van der Waals surface area contributed by atoms with Crippen molar-refractivity contribution in [1.82, 2.24) is 14.7 Å². The maximum Gasteiger partial charge on any atom is 0.239 e. The van der Waals surface area contributed by atoms with E-state index in [1.165, 1.54) is 38.5 Å². The molecule has 2 saturated carbocycles. The normalized spacial score (nSPS) is 35.8. The molecule has 0 bridgehead atoms. The third-order valence-corrected chi connectivity index (χ3v) is 8.78. The number of likely N-dealkylation sites (tertiary alicyclic amines) is 2. The Hall–Kier alpha value is -0.810. The van der Waals surface area contributed by atoms with E-state index in [0.717, 1.165) is 51.7 Å². The molecule has 2 aliphatic heterocycles. The lowest BCUT2D eigenvalue weighted by atomic mass is 9.84. The van der Waals surface area contributed by atoms with E-state index in [9.17, 15) is 9.59 Å². The molecule has 30 heavy (non-hydrogen) atoms. The van der Waals surface area contributed by atoms with Crippen molar-refractivity contribution >= 4 is 23.4 Å². The van der Waals surface area contributed by atoms with E-state index in [2.05, 4.69) is 9.80 Å². The van der Waals surface area contributed by atoms with Crippen LogP contribution in [0.2, 0.25) is 0 Å². The van der Waals surface area contributed by atoms with Crippen molar-refractivity contribution in [2.45, 2.75) is 88.1 Å². The summed E-state index contributed by atoms with van der Waals surface area (Å²) in [4.78, 5) is 32.3. The van der Waals surface area contributed by atoms with Gasteiger partial charge in [-0.1, -0.05) is 12.8 Å². The summed E-state index contributed by atoms with van der Waals surface area (Å²) in [6.45, 7) is 2.55. The number of rotatable bonds is 4. The lowest BCUT2D eigenvalue weighted by molar-refractivity contribution is -0.142. The van der Waals surface area contributed by atoms with Crippen molar-refractivity contribution in [2.24, 2.45) is 17.8 Å². The summed E-state index contributed by atoms with van der Waals surface area (Å²) in [5, 5.41) is 0.353. The molecule has 2 saturated heterocycles. The van der Waals surface area contributed by atoms with Crippen LogP contribution in [0.3, 0.4) is 0 Å². The van der Waals surface area contributed by atoms with Crippen molar-refractivity contribution in [3.63, 3.8) is 0 Å². The van der Waals surface area contributed by atoms with E-state index >= 15 is 0 Å². The van der Waals surface area contributed by atoms with Crippen molar-refractivity contribution in [1.29, 1.82) is 0 Å². The fourth-order valence-corrected chi connectivity index (χ4v) is 6.84. The predicted molar refractivity (Wildman–Crippen MR) is 120 cm³/mol. The molecule has 4 rings (SSSR count). The zero-order valence-electron chi connectivity index (χ0n) is 18.9. The lowest BCUT2D eigenvalue weighted by Crippen LogP contribution is -2.52. The highest BCUT2D eigenvalue weighted by Crippen LogP contribution is 2.42. The van der Waals surface area contributed by atoms with Crippen LogP contribution in [0.1, 0.15) is 70.6 Å². The molecule has 4 aliphatic rings. The van der Waals surface area contributed by atoms with E-state index < -0.39 is 0 Å². The minimum Gasteiger partial charge on any atom is -0.349 e. The number of carbonyl (C=O) groups excluding carboxylic acids is 2. The third kappa shape index (κ3) is 4.82. The van der Waals surface area contributed by atoms with Crippen molar-refractivity contribution in [3.8, 4) is 0 Å². The fourth-order valence-electron chi connectivity index (χ4n) is 6.58. The number of hydrogen-bond acceptors (Lipinski definition) is 3. The van der Waals surface area contributed by atoms with Gasteiger partial charge in [-0.3, -0.25) is 14.5 Å². The van der Waals surface area contributed by atoms with Crippen molar-refractivity contribution in [2.75, 3.05) is 33.7 Å². The molecule has 0 spiro atoms. The Morgan fingerprint density at radius 2 is 1.60 bits per heavy atom. The van der Waals surface area contributed by atoms with Crippen LogP contribution in [0.4, 0.5) is 0 Å².